The van der Waals surface area contributed by atoms with Gasteiger partial charge in [0.1, 0.15) is 11.4 Å². The van der Waals surface area contributed by atoms with Crippen LogP contribution in [0.25, 0.3) is 0 Å². The lowest BCUT2D eigenvalue weighted by atomic mass is 9.83. The number of benzene rings is 4. The van der Waals surface area contributed by atoms with Crippen LogP contribution in [0.1, 0.15) is 53.2 Å². The molecule has 0 saturated carbocycles. The van der Waals surface area contributed by atoms with E-state index >= 15 is 0 Å². The Balaban J connectivity index is 1.50. The Bertz CT molecular complexity index is 1140. The monoisotopic (exact) mass is 454 g/mol. The van der Waals surface area contributed by atoms with E-state index in [-0.39, 0.29) is 11.7 Å². The molecule has 0 atom stereocenters. The van der Waals surface area contributed by atoms with E-state index in [9.17, 15) is 4.79 Å². The third-order valence-corrected chi connectivity index (χ3v) is 5.97. The van der Waals surface area contributed by atoms with E-state index in [1.165, 1.54) is 11.1 Å². The van der Waals surface area contributed by atoms with Crippen molar-refractivity contribution >= 4 is 17.4 Å². The summed E-state index contributed by atoms with van der Waals surface area (Å²) in [5.74, 6) is 0.923. The molecule has 0 radical (unpaired) electrons. The molecule has 4 aromatic rings. The molecule has 0 amide bonds. The van der Waals surface area contributed by atoms with Crippen molar-refractivity contribution in [3.05, 3.63) is 136 Å². The fourth-order valence-electron chi connectivity index (χ4n) is 4.09. The number of hydrogen-bond donors (Lipinski definition) is 0. The fourth-order valence-corrected chi connectivity index (χ4v) is 4.22. The van der Waals surface area contributed by atoms with E-state index in [0.717, 1.165) is 12.2 Å². The molecule has 4 rings (SSSR count). The summed E-state index contributed by atoms with van der Waals surface area (Å²) in [6, 6.07) is 35.4. The highest BCUT2D eigenvalue weighted by molar-refractivity contribution is 6.30. The number of carbonyl (C=O) groups excluding carboxylic acids is 1. The van der Waals surface area contributed by atoms with Gasteiger partial charge in [-0.3, -0.25) is 4.79 Å². The first-order valence-corrected chi connectivity index (χ1v) is 11.5. The zero-order valence-corrected chi connectivity index (χ0v) is 19.6. The maximum Gasteiger partial charge on any atom is 0.193 e. The van der Waals surface area contributed by atoms with Crippen LogP contribution in [0.4, 0.5) is 0 Å². The molecule has 166 valence electrons. The third kappa shape index (κ3) is 5.91. The van der Waals surface area contributed by atoms with Crippen molar-refractivity contribution < 1.29 is 9.53 Å². The molecule has 0 N–H and O–H groups in total. The Hall–Kier alpha value is -3.36. The minimum Gasteiger partial charge on any atom is -0.488 e. The van der Waals surface area contributed by atoms with Crippen molar-refractivity contribution in [2.24, 2.45) is 0 Å². The largest absolute Gasteiger partial charge is 0.488 e. The van der Waals surface area contributed by atoms with E-state index in [0.29, 0.717) is 16.1 Å². The standard InChI is InChI=1S/C30H27ClO2/c1-30(2,21-28(22-9-5-3-6-10-22)23-11-7-4-8-12-23)33-27-19-15-25(16-20-27)29(32)24-13-17-26(31)18-14-24/h3-20,28H,21H2,1-2H3. The van der Waals surface area contributed by atoms with Crippen LogP contribution in [0.3, 0.4) is 0 Å². The first-order chi connectivity index (χ1) is 15.9. The minimum atomic E-state index is -0.419. The molecule has 3 heteroatoms. The molecule has 2 nitrogen and oxygen atoms in total. The van der Waals surface area contributed by atoms with Gasteiger partial charge in [0.15, 0.2) is 5.78 Å². The fraction of sp³-hybridized carbons (Fsp3) is 0.167. The molecule has 0 aliphatic rings. The number of ketones is 1. The summed E-state index contributed by atoms with van der Waals surface area (Å²) in [5, 5.41) is 0.613. The Morgan fingerprint density at radius 3 is 1.67 bits per heavy atom. The van der Waals surface area contributed by atoms with Crippen LogP contribution >= 0.6 is 11.6 Å². The normalized spacial score (nSPS) is 11.4. The van der Waals surface area contributed by atoms with Gasteiger partial charge < -0.3 is 4.74 Å². The average Bonchev–Trinajstić information content (AvgIpc) is 2.84. The van der Waals surface area contributed by atoms with Gasteiger partial charge >= 0.3 is 0 Å². The molecule has 0 fully saturated rings. The van der Waals surface area contributed by atoms with Gasteiger partial charge in [-0.15, -0.1) is 0 Å². The van der Waals surface area contributed by atoms with Gasteiger partial charge in [0, 0.05) is 22.1 Å². The summed E-state index contributed by atoms with van der Waals surface area (Å²) in [5.41, 5.74) is 3.35. The van der Waals surface area contributed by atoms with Gasteiger partial charge in [0.25, 0.3) is 0 Å². The Labute approximate surface area is 200 Å². The van der Waals surface area contributed by atoms with E-state index in [2.05, 4.69) is 62.4 Å². The van der Waals surface area contributed by atoms with E-state index < -0.39 is 5.60 Å². The van der Waals surface area contributed by atoms with E-state index in [4.69, 9.17) is 16.3 Å². The Kier molecular flexibility index (Phi) is 6.96. The van der Waals surface area contributed by atoms with E-state index in [1.807, 2.05) is 36.4 Å². The molecule has 0 unspecified atom stereocenters. The first-order valence-electron chi connectivity index (χ1n) is 11.1. The Morgan fingerprint density at radius 1 is 0.727 bits per heavy atom. The summed E-state index contributed by atoms with van der Waals surface area (Å²) in [6.07, 6.45) is 0.812. The second-order valence-corrected chi connectivity index (χ2v) is 9.24. The highest BCUT2D eigenvalue weighted by atomic mass is 35.5. The van der Waals surface area contributed by atoms with Crippen LogP contribution in [0, 0.1) is 0 Å². The maximum atomic E-state index is 12.7. The molecule has 4 aromatic carbocycles. The highest BCUT2D eigenvalue weighted by Crippen LogP contribution is 2.35. The molecular formula is C30H27ClO2. The molecule has 0 heterocycles. The van der Waals surface area contributed by atoms with Crippen LogP contribution in [0.2, 0.25) is 5.02 Å². The summed E-state index contributed by atoms with van der Waals surface area (Å²) in [6.45, 7) is 4.22. The molecule has 0 aliphatic carbocycles. The van der Waals surface area contributed by atoms with Gasteiger partial charge in [-0.1, -0.05) is 72.3 Å². The van der Waals surface area contributed by atoms with Crippen LogP contribution in [0.15, 0.2) is 109 Å². The number of halogens is 1. The number of rotatable bonds is 8. The lowest BCUT2D eigenvalue weighted by Crippen LogP contribution is -2.31. The van der Waals surface area contributed by atoms with Gasteiger partial charge in [0.2, 0.25) is 0 Å². The summed E-state index contributed by atoms with van der Waals surface area (Å²) >= 11 is 5.93. The van der Waals surface area contributed by atoms with Crippen molar-refractivity contribution in [3.8, 4) is 5.75 Å². The minimum absolute atomic E-state index is 0.0364. The second kappa shape index (κ2) is 10.1. The van der Waals surface area contributed by atoms with Crippen molar-refractivity contribution in [1.82, 2.24) is 0 Å². The molecule has 0 saturated heterocycles. The number of hydrogen-bond acceptors (Lipinski definition) is 2. The average molecular weight is 455 g/mol. The number of ether oxygens (including phenoxy) is 1. The second-order valence-electron chi connectivity index (χ2n) is 8.80. The predicted molar refractivity (Wildman–Crippen MR) is 135 cm³/mol. The van der Waals surface area contributed by atoms with Gasteiger partial charge in [-0.2, -0.15) is 0 Å². The molecule has 0 aromatic heterocycles. The molecule has 33 heavy (non-hydrogen) atoms. The quantitative estimate of drug-likeness (QED) is 0.252. The zero-order chi connectivity index (χ0) is 23.3. The third-order valence-electron chi connectivity index (χ3n) is 5.72. The van der Waals surface area contributed by atoms with Crippen molar-refractivity contribution in [3.63, 3.8) is 0 Å². The topological polar surface area (TPSA) is 26.3 Å². The van der Waals surface area contributed by atoms with Gasteiger partial charge in [-0.05, 0) is 79.9 Å². The van der Waals surface area contributed by atoms with Crippen LogP contribution in [-0.2, 0) is 0 Å². The summed E-state index contributed by atoms with van der Waals surface area (Å²) in [7, 11) is 0. The van der Waals surface area contributed by atoms with Crippen molar-refractivity contribution in [2.45, 2.75) is 31.8 Å². The summed E-state index contributed by atoms with van der Waals surface area (Å²) < 4.78 is 6.40. The predicted octanol–water partition coefficient (Wildman–Crippen LogP) is 7.95. The molecule has 0 bridgehead atoms. The molecular weight excluding hydrogens is 428 g/mol. The number of carbonyl (C=O) groups is 1. The van der Waals surface area contributed by atoms with E-state index in [1.54, 1.807) is 24.3 Å². The summed E-state index contributed by atoms with van der Waals surface area (Å²) in [4.78, 5) is 12.7. The SMILES string of the molecule is CC(C)(CC(c1ccccc1)c1ccccc1)Oc1ccc(C(=O)c2ccc(Cl)cc2)cc1. The molecule has 0 aliphatic heterocycles. The van der Waals surface area contributed by atoms with Crippen LogP contribution < -0.4 is 4.74 Å². The smallest absolute Gasteiger partial charge is 0.193 e. The van der Waals surface area contributed by atoms with Crippen LogP contribution in [-0.4, -0.2) is 11.4 Å². The van der Waals surface area contributed by atoms with Crippen LogP contribution in [0.5, 0.6) is 5.75 Å². The first kappa shape index (κ1) is 22.8. The lowest BCUT2D eigenvalue weighted by Gasteiger charge is -2.31. The van der Waals surface area contributed by atoms with Crippen molar-refractivity contribution in [1.29, 1.82) is 0 Å². The molecule has 0 spiro atoms. The van der Waals surface area contributed by atoms with Crippen molar-refractivity contribution in [2.75, 3.05) is 0 Å². The Morgan fingerprint density at radius 2 is 1.18 bits per heavy atom. The zero-order valence-electron chi connectivity index (χ0n) is 18.9. The maximum absolute atomic E-state index is 12.7. The van der Waals surface area contributed by atoms with Gasteiger partial charge in [-0.25, -0.2) is 0 Å². The van der Waals surface area contributed by atoms with Gasteiger partial charge in [0.05, 0.1) is 0 Å². The lowest BCUT2D eigenvalue weighted by molar-refractivity contribution is 0.0946. The highest BCUT2D eigenvalue weighted by Gasteiger charge is 2.27.